The number of hydrogen-bond acceptors (Lipinski definition) is 6. The van der Waals surface area contributed by atoms with Crippen molar-refractivity contribution in [3.8, 4) is 5.88 Å². The minimum atomic E-state index is -4.73. The van der Waals surface area contributed by atoms with Crippen LogP contribution in [0, 0.1) is 6.92 Å². The van der Waals surface area contributed by atoms with Crippen LogP contribution in [0.15, 0.2) is 18.5 Å². The van der Waals surface area contributed by atoms with Crippen LogP contribution in [0.3, 0.4) is 0 Å². The first-order chi connectivity index (χ1) is 12.8. The molecule has 0 fully saturated rings. The first kappa shape index (κ1) is 21.7. The number of pyridine rings is 1. The fraction of sp³-hybridized carbons (Fsp3) is 0.412. The minimum absolute atomic E-state index is 0.173. The largest absolute Gasteiger partial charge is 0.481 e. The Morgan fingerprint density at radius 3 is 2.32 bits per heavy atom. The number of rotatable bonds is 3. The second kappa shape index (κ2) is 7.78. The van der Waals surface area contributed by atoms with E-state index in [0.29, 0.717) is 11.8 Å². The number of alkyl halides is 3. The first-order valence-electron chi connectivity index (χ1n) is 7.97. The Morgan fingerprint density at radius 2 is 1.82 bits per heavy atom. The van der Waals surface area contributed by atoms with Crippen molar-refractivity contribution < 1.29 is 27.4 Å². The third kappa shape index (κ3) is 5.00. The smallest absolute Gasteiger partial charge is 0.421 e. The number of ether oxygens (including phenoxy) is 2. The van der Waals surface area contributed by atoms with Gasteiger partial charge in [-0.3, -0.25) is 0 Å². The van der Waals surface area contributed by atoms with Gasteiger partial charge in [0.2, 0.25) is 11.8 Å². The molecule has 0 saturated heterocycles. The number of halogens is 4. The lowest BCUT2D eigenvalue weighted by atomic mass is 10.2. The number of carbonyl (C=O) groups excluding carboxylic acids is 1. The Hall–Kier alpha value is -2.62. The second-order valence-corrected chi connectivity index (χ2v) is 7.06. The van der Waals surface area contributed by atoms with E-state index in [4.69, 9.17) is 21.1 Å². The summed E-state index contributed by atoms with van der Waals surface area (Å²) < 4.78 is 49.3. The van der Waals surface area contributed by atoms with E-state index in [9.17, 15) is 18.0 Å². The average molecular weight is 419 g/mol. The molecule has 152 valence electrons. The summed E-state index contributed by atoms with van der Waals surface area (Å²) >= 11 is 5.69. The summed E-state index contributed by atoms with van der Waals surface area (Å²) in [5.74, 6) is -0.212. The zero-order chi connectivity index (χ0) is 21.3. The van der Waals surface area contributed by atoms with E-state index >= 15 is 0 Å². The molecular formula is C17H18ClF3N4O3. The van der Waals surface area contributed by atoms with Gasteiger partial charge in [0.1, 0.15) is 16.3 Å². The molecule has 2 heterocycles. The molecule has 1 amide bonds. The van der Waals surface area contributed by atoms with E-state index in [0.717, 1.165) is 4.90 Å². The maximum absolute atomic E-state index is 13.0. The van der Waals surface area contributed by atoms with Gasteiger partial charge >= 0.3 is 12.3 Å². The SMILES string of the molecule is COc1cc(N(C(=O)OC(C)(C)C)c2ncc(C(F)(F)F)c(Cl)n2)c(C)cn1. The number of hydrogen-bond donors (Lipinski definition) is 0. The Morgan fingerprint density at radius 1 is 1.18 bits per heavy atom. The van der Waals surface area contributed by atoms with Crippen LogP contribution in [0.4, 0.5) is 29.6 Å². The molecule has 0 saturated carbocycles. The summed E-state index contributed by atoms with van der Waals surface area (Å²) in [5.41, 5.74) is -1.37. The number of nitrogens with zero attached hydrogens (tertiary/aromatic N) is 4. The van der Waals surface area contributed by atoms with Crippen molar-refractivity contribution >= 4 is 29.3 Å². The van der Waals surface area contributed by atoms with Crippen LogP contribution >= 0.6 is 11.6 Å². The number of carbonyl (C=O) groups is 1. The van der Waals surface area contributed by atoms with E-state index in [1.807, 2.05) is 0 Å². The van der Waals surface area contributed by atoms with Gasteiger partial charge < -0.3 is 9.47 Å². The fourth-order valence-corrected chi connectivity index (χ4v) is 2.32. The highest BCUT2D eigenvalue weighted by Crippen LogP contribution is 2.36. The summed E-state index contributed by atoms with van der Waals surface area (Å²) in [4.78, 5) is 25.1. The Balaban J connectivity index is 2.63. The fourth-order valence-electron chi connectivity index (χ4n) is 2.09. The number of aromatic nitrogens is 3. The molecule has 0 radical (unpaired) electrons. The molecule has 0 N–H and O–H groups in total. The maximum Gasteiger partial charge on any atom is 0.421 e. The standard InChI is InChI=1S/C17H18ClF3N4O3/c1-9-7-22-12(27-5)6-11(9)25(15(26)28-16(2,3)4)14-23-8-10(13(18)24-14)17(19,20)21/h6-8H,1-5H3. The van der Waals surface area contributed by atoms with Crippen LogP contribution in [0.1, 0.15) is 31.9 Å². The lowest BCUT2D eigenvalue weighted by Gasteiger charge is -2.27. The molecule has 11 heteroatoms. The van der Waals surface area contributed by atoms with Crippen LogP contribution in [0.2, 0.25) is 5.15 Å². The van der Waals surface area contributed by atoms with Crippen molar-refractivity contribution in [1.29, 1.82) is 0 Å². The topological polar surface area (TPSA) is 77.4 Å². The van der Waals surface area contributed by atoms with Crippen molar-refractivity contribution in [3.63, 3.8) is 0 Å². The number of anilines is 2. The van der Waals surface area contributed by atoms with Crippen LogP contribution in [-0.2, 0) is 10.9 Å². The van der Waals surface area contributed by atoms with Crippen molar-refractivity contribution in [3.05, 3.63) is 34.7 Å². The first-order valence-corrected chi connectivity index (χ1v) is 8.34. The quantitative estimate of drug-likeness (QED) is 0.657. The molecule has 0 aliphatic heterocycles. The lowest BCUT2D eigenvalue weighted by Crippen LogP contribution is -2.35. The molecular weight excluding hydrogens is 401 g/mol. The third-order valence-electron chi connectivity index (χ3n) is 3.31. The maximum atomic E-state index is 13.0. The summed E-state index contributed by atoms with van der Waals surface area (Å²) in [6.45, 7) is 6.57. The van der Waals surface area contributed by atoms with Crippen molar-refractivity contribution in [2.75, 3.05) is 12.0 Å². The van der Waals surface area contributed by atoms with Gasteiger partial charge in [-0.2, -0.15) is 18.2 Å². The molecule has 0 unspecified atom stereocenters. The average Bonchev–Trinajstić information content (AvgIpc) is 2.54. The van der Waals surface area contributed by atoms with Gasteiger partial charge in [-0.15, -0.1) is 0 Å². The highest BCUT2D eigenvalue weighted by atomic mass is 35.5. The van der Waals surface area contributed by atoms with Gasteiger partial charge in [0.25, 0.3) is 0 Å². The number of methoxy groups -OCH3 is 1. The Kier molecular flexibility index (Phi) is 6.03. The zero-order valence-electron chi connectivity index (χ0n) is 15.8. The van der Waals surface area contributed by atoms with Gasteiger partial charge in [0, 0.05) is 18.5 Å². The predicted molar refractivity (Wildman–Crippen MR) is 95.9 cm³/mol. The molecule has 0 bridgehead atoms. The highest BCUT2D eigenvalue weighted by molar-refractivity contribution is 6.30. The van der Waals surface area contributed by atoms with Crippen molar-refractivity contribution in [2.24, 2.45) is 0 Å². The predicted octanol–water partition coefficient (Wildman–Crippen LogP) is 4.93. The zero-order valence-corrected chi connectivity index (χ0v) is 16.5. The minimum Gasteiger partial charge on any atom is -0.481 e. The molecule has 2 aromatic rings. The molecule has 0 aliphatic carbocycles. The number of amides is 1. The Bertz CT molecular complexity index is 885. The van der Waals surface area contributed by atoms with Crippen LogP contribution in [-0.4, -0.2) is 33.8 Å². The summed E-state index contributed by atoms with van der Waals surface area (Å²) in [6.07, 6.45) is -3.70. The van der Waals surface area contributed by atoms with E-state index < -0.39 is 28.6 Å². The number of aryl methyl sites for hydroxylation is 1. The van der Waals surface area contributed by atoms with Gasteiger partial charge in [-0.05, 0) is 33.3 Å². The molecule has 28 heavy (non-hydrogen) atoms. The summed E-state index contributed by atoms with van der Waals surface area (Å²) in [5, 5.41) is -0.843. The monoisotopic (exact) mass is 418 g/mol. The molecule has 2 aromatic heterocycles. The van der Waals surface area contributed by atoms with E-state index in [1.165, 1.54) is 19.4 Å². The van der Waals surface area contributed by atoms with Gasteiger partial charge in [-0.25, -0.2) is 19.7 Å². The van der Waals surface area contributed by atoms with E-state index in [2.05, 4.69) is 15.0 Å². The molecule has 2 rings (SSSR count). The normalized spacial score (nSPS) is 11.9. The van der Waals surface area contributed by atoms with Crippen LogP contribution in [0.5, 0.6) is 5.88 Å². The molecule has 0 spiro atoms. The van der Waals surface area contributed by atoms with Gasteiger partial charge in [0.15, 0.2) is 0 Å². The van der Waals surface area contributed by atoms with Crippen molar-refractivity contribution in [2.45, 2.75) is 39.5 Å². The second-order valence-electron chi connectivity index (χ2n) is 6.70. The van der Waals surface area contributed by atoms with Crippen LogP contribution in [0.25, 0.3) is 0 Å². The molecule has 0 aromatic carbocycles. The highest BCUT2D eigenvalue weighted by Gasteiger charge is 2.36. The van der Waals surface area contributed by atoms with E-state index in [-0.39, 0.29) is 17.5 Å². The van der Waals surface area contributed by atoms with Crippen LogP contribution < -0.4 is 9.64 Å². The Labute approximate surface area is 164 Å². The molecule has 7 nitrogen and oxygen atoms in total. The lowest BCUT2D eigenvalue weighted by molar-refractivity contribution is -0.137. The van der Waals surface area contributed by atoms with E-state index in [1.54, 1.807) is 27.7 Å². The van der Waals surface area contributed by atoms with Gasteiger partial charge in [-0.1, -0.05) is 11.6 Å². The third-order valence-corrected chi connectivity index (χ3v) is 3.60. The molecule has 0 atom stereocenters. The van der Waals surface area contributed by atoms with Crippen molar-refractivity contribution in [1.82, 2.24) is 15.0 Å². The summed E-state index contributed by atoms with van der Waals surface area (Å²) in [7, 11) is 1.38. The molecule has 0 aliphatic rings. The van der Waals surface area contributed by atoms with Gasteiger partial charge in [0.05, 0.1) is 12.8 Å². The summed E-state index contributed by atoms with van der Waals surface area (Å²) in [6, 6.07) is 1.41.